The molecule has 32 heavy (non-hydrogen) atoms. The van der Waals surface area contributed by atoms with Gasteiger partial charge < -0.3 is 30.6 Å². The van der Waals surface area contributed by atoms with Crippen molar-refractivity contribution >= 4 is 11.8 Å². The first-order chi connectivity index (χ1) is 15.5. The maximum Gasteiger partial charge on any atom is 0.269 e. The molecular weight excluding hydrogens is 412 g/mol. The number of benzene rings is 1. The summed E-state index contributed by atoms with van der Waals surface area (Å²) in [5.41, 5.74) is 7.56. The summed E-state index contributed by atoms with van der Waals surface area (Å²) in [4.78, 5) is 29.5. The molecule has 1 aliphatic rings. The Bertz CT molecular complexity index is 901. The number of pyridine rings is 1. The van der Waals surface area contributed by atoms with Crippen LogP contribution in [0, 0.1) is 0 Å². The SMILES string of the molecule is CNC(=O)c1cc(C(=O)NCCCC2OCC(N)CO2)cc(C(OC)c2ccccc2)n1. The van der Waals surface area contributed by atoms with Crippen molar-refractivity contribution in [2.75, 3.05) is 33.9 Å². The van der Waals surface area contributed by atoms with E-state index in [1.165, 1.54) is 13.1 Å². The molecule has 2 aromatic rings. The highest BCUT2D eigenvalue weighted by Gasteiger charge is 2.21. The highest BCUT2D eigenvalue weighted by Crippen LogP contribution is 2.25. The van der Waals surface area contributed by atoms with Gasteiger partial charge in [-0.15, -0.1) is 0 Å². The molecule has 4 N–H and O–H groups in total. The number of nitrogens with zero attached hydrogens (tertiary/aromatic N) is 1. The van der Waals surface area contributed by atoms with E-state index in [-0.39, 0.29) is 29.8 Å². The standard InChI is InChI=1S/C23H30N4O5/c1-25-23(29)19-12-16(11-18(27-19)21(30-2)15-7-4-3-5-8-15)22(28)26-10-6-9-20-31-13-17(24)14-32-20/h3-5,7-8,11-12,17,20-21H,6,9-10,13-14,24H2,1-2H3,(H,25,29)(H,26,28). The van der Waals surface area contributed by atoms with E-state index in [9.17, 15) is 9.59 Å². The molecule has 1 aliphatic heterocycles. The van der Waals surface area contributed by atoms with Gasteiger partial charge in [-0.25, -0.2) is 4.98 Å². The molecule has 1 saturated heterocycles. The summed E-state index contributed by atoms with van der Waals surface area (Å²) < 4.78 is 16.6. The van der Waals surface area contributed by atoms with Crippen LogP contribution in [0.3, 0.4) is 0 Å². The van der Waals surface area contributed by atoms with Gasteiger partial charge in [0, 0.05) is 32.7 Å². The second kappa shape index (κ2) is 11.7. The largest absolute Gasteiger partial charge is 0.370 e. The smallest absolute Gasteiger partial charge is 0.269 e. The number of amides is 2. The lowest BCUT2D eigenvalue weighted by Gasteiger charge is -2.27. The number of ether oxygens (including phenoxy) is 3. The molecule has 0 aliphatic carbocycles. The van der Waals surface area contributed by atoms with Gasteiger partial charge in [-0.05, 0) is 24.1 Å². The normalized spacial score (nSPS) is 19.2. The minimum absolute atomic E-state index is 0.0897. The van der Waals surface area contributed by atoms with E-state index in [1.54, 1.807) is 13.2 Å². The molecule has 0 spiro atoms. The van der Waals surface area contributed by atoms with Crippen molar-refractivity contribution in [3.05, 3.63) is 65.0 Å². The number of hydrogen-bond donors (Lipinski definition) is 3. The summed E-state index contributed by atoms with van der Waals surface area (Å²) >= 11 is 0. The zero-order valence-corrected chi connectivity index (χ0v) is 18.4. The lowest BCUT2D eigenvalue weighted by atomic mass is 10.0. The molecule has 1 aromatic carbocycles. The number of methoxy groups -OCH3 is 1. The maximum absolute atomic E-state index is 12.8. The van der Waals surface area contributed by atoms with E-state index >= 15 is 0 Å². The summed E-state index contributed by atoms with van der Waals surface area (Å²) in [6.07, 6.45) is 0.515. The fraction of sp³-hybridized carbons (Fsp3) is 0.435. The predicted molar refractivity (Wildman–Crippen MR) is 118 cm³/mol. The summed E-state index contributed by atoms with van der Waals surface area (Å²) in [5, 5.41) is 5.43. The van der Waals surface area contributed by atoms with E-state index < -0.39 is 6.10 Å². The van der Waals surface area contributed by atoms with E-state index in [1.807, 2.05) is 30.3 Å². The third-order valence-electron chi connectivity index (χ3n) is 5.07. The van der Waals surface area contributed by atoms with Crippen LogP contribution in [0.5, 0.6) is 0 Å². The first-order valence-corrected chi connectivity index (χ1v) is 10.6. The van der Waals surface area contributed by atoms with E-state index in [0.717, 1.165) is 5.56 Å². The number of rotatable bonds is 9. The molecule has 2 heterocycles. The van der Waals surface area contributed by atoms with Crippen LogP contribution in [-0.2, 0) is 14.2 Å². The van der Waals surface area contributed by atoms with Crippen LogP contribution in [0.1, 0.15) is 51.0 Å². The Morgan fingerprint density at radius 1 is 1.19 bits per heavy atom. The third-order valence-corrected chi connectivity index (χ3v) is 5.07. The highest BCUT2D eigenvalue weighted by molar-refractivity contribution is 5.98. The second-order valence-electron chi connectivity index (χ2n) is 7.53. The van der Waals surface area contributed by atoms with Crippen molar-refractivity contribution in [3.8, 4) is 0 Å². The average Bonchev–Trinajstić information content (AvgIpc) is 2.83. The van der Waals surface area contributed by atoms with Crippen LogP contribution in [0.4, 0.5) is 0 Å². The van der Waals surface area contributed by atoms with E-state index in [4.69, 9.17) is 19.9 Å². The van der Waals surface area contributed by atoms with Gasteiger partial charge in [-0.2, -0.15) is 0 Å². The Labute approximate surface area is 187 Å². The molecule has 0 radical (unpaired) electrons. The number of carbonyl (C=O) groups excluding carboxylic acids is 2. The fourth-order valence-corrected chi connectivity index (χ4v) is 3.41. The topological polar surface area (TPSA) is 125 Å². The molecule has 9 nitrogen and oxygen atoms in total. The Kier molecular flexibility index (Phi) is 8.69. The minimum Gasteiger partial charge on any atom is -0.370 e. The number of hydrogen-bond acceptors (Lipinski definition) is 7. The Morgan fingerprint density at radius 3 is 2.56 bits per heavy atom. The van der Waals surface area contributed by atoms with Crippen LogP contribution in [0.2, 0.25) is 0 Å². The molecule has 1 unspecified atom stereocenters. The van der Waals surface area contributed by atoms with Crippen molar-refractivity contribution in [2.45, 2.75) is 31.3 Å². The van der Waals surface area contributed by atoms with Crippen molar-refractivity contribution in [1.29, 1.82) is 0 Å². The first-order valence-electron chi connectivity index (χ1n) is 10.6. The number of nitrogens with one attached hydrogen (secondary N) is 2. The summed E-state index contributed by atoms with van der Waals surface area (Å²) in [6, 6.07) is 12.5. The van der Waals surface area contributed by atoms with E-state index in [0.29, 0.717) is 43.9 Å². The quantitative estimate of drug-likeness (QED) is 0.501. The first kappa shape index (κ1) is 23.8. The van der Waals surface area contributed by atoms with Crippen molar-refractivity contribution < 1.29 is 23.8 Å². The maximum atomic E-state index is 12.8. The zero-order valence-electron chi connectivity index (χ0n) is 18.4. The lowest BCUT2D eigenvalue weighted by molar-refractivity contribution is -0.188. The van der Waals surface area contributed by atoms with E-state index in [2.05, 4.69) is 15.6 Å². The fourth-order valence-electron chi connectivity index (χ4n) is 3.41. The molecule has 1 atom stereocenters. The van der Waals surface area contributed by atoms with Gasteiger partial charge in [-0.1, -0.05) is 30.3 Å². The van der Waals surface area contributed by atoms with Gasteiger partial charge in [0.25, 0.3) is 11.8 Å². The van der Waals surface area contributed by atoms with Crippen LogP contribution in [0.25, 0.3) is 0 Å². The van der Waals surface area contributed by atoms with Gasteiger partial charge in [0.2, 0.25) is 0 Å². The van der Waals surface area contributed by atoms with Gasteiger partial charge in [0.15, 0.2) is 6.29 Å². The molecule has 2 amide bonds. The molecule has 9 heteroatoms. The number of aromatic nitrogens is 1. The van der Waals surface area contributed by atoms with Crippen LogP contribution in [0.15, 0.2) is 42.5 Å². The molecule has 0 saturated carbocycles. The molecular formula is C23H30N4O5. The molecule has 172 valence electrons. The average molecular weight is 443 g/mol. The van der Waals surface area contributed by atoms with Gasteiger partial charge in [0.1, 0.15) is 11.8 Å². The summed E-state index contributed by atoms with van der Waals surface area (Å²) in [5.74, 6) is -0.678. The molecule has 3 rings (SSSR count). The van der Waals surface area contributed by atoms with Crippen molar-refractivity contribution in [3.63, 3.8) is 0 Å². The monoisotopic (exact) mass is 442 g/mol. The molecule has 1 fully saturated rings. The molecule has 1 aromatic heterocycles. The van der Waals surface area contributed by atoms with Crippen LogP contribution in [-0.4, -0.2) is 63.0 Å². The second-order valence-corrected chi connectivity index (χ2v) is 7.53. The van der Waals surface area contributed by atoms with Crippen LogP contribution >= 0.6 is 0 Å². The Morgan fingerprint density at radius 2 is 1.91 bits per heavy atom. The predicted octanol–water partition coefficient (Wildman–Crippen LogP) is 1.39. The van der Waals surface area contributed by atoms with Gasteiger partial charge in [0.05, 0.1) is 24.9 Å². The van der Waals surface area contributed by atoms with Gasteiger partial charge >= 0.3 is 0 Å². The minimum atomic E-state index is -0.515. The Balaban J connectivity index is 1.69. The Hall–Kier alpha value is -2.85. The van der Waals surface area contributed by atoms with Crippen molar-refractivity contribution in [1.82, 2.24) is 15.6 Å². The third kappa shape index (κ3) is 6.33. The zero-order chi connectivity index (χ0) is 22.9. The highest BCUT2D eigenvalue weighted by atomic mass is 16.7. The number of nitrogens with two attached hydrogens (primary N) is 1. The van der Waals surface area contributed by atoms with Gasteiger partial charge in [-0.3, -0.25) is 9.59 Å². The molecule has 0 bridgehead atoms. The lowest BCUT2D eigenvalue weighted by Crippen LogP contribution is -2.41. The van der Waals surface area contributed by atoms with Crippen LogP contribution < -0.4 is 16.4 Å². The number of carbonyl (C=O) groups is 2. The summed E-state index contributed by atoms with van der Waals surface area (Å²) in [7, 11) is 3.08. The van der Waals surface area contributed by atoms with Crippen molar-refractivity contribution in [2.24, 2.45) is 5.73 Å². The summed E-state index contributed by atoms with van der Waals surface area (Å²) in [6.45, 7) is 1.38.